The third kappa shape index (κ3) is 4.61. The maximum atomic E-state index is 12.3. The molecule has 0 saturated carbocycles. The lowest BCUT2D eigenvalue weighted by atomic mass is 10.2. The predicted octanol–water partition coefficient (Wildman–Crippen LogP) is 4.25. The minimum Gasteiger partial charge on any atom is -0.497 e. The highest BCUT2D eigenvalue weighted by Gasteiger charge is 2.11. The van der Waals surface area contributed by atoms with Crippen molar-refractivity contribution in [2.75, 3.05) is 12.4 Å². The molecule has 0 unspecified atom stereocenters. The van der Waals surface area contributed by atoms with Gasteiger partial charge in [0.25, 0.3) is 5.91 Å². The molecule has 8 heteroatoms. The fraction of sp³-hybridized carbons (Fsp3) is 0.235. The Hall–Kier alpha value is -2.32. The second-order valence-electron chi connectivity index (χ2n) is 5.03. The van der Waals surface area contributed by atoms with Gasteiger partial charge in [-0.3, -0.25) is 10.1 Å². The number of oxazole rings is 1. The van der Waals surface area contributed by atoms with Crippen LogP contribution in [0.2, 0.25) is 0 Å². The molecule has 130 valence electrons. The fourth-order valence-corrected chi connectivity index (χ4v) is 3.75. The third-order valence-electron chi connectivity index (χ3n) is 3.32. The van der Waals surface area contributed by atoms with E-state index in [4.69, 9.17) is 9.15 Å². The van der Waals surface area contributed by atoms with Crippen molar-refractivity contribution >= 4 is 34.1 Å². The van der Waals surface area contributed by atoms with E-state index in [-0.39, 0.29) is 5.91 Å². The third-order valence-corrected chi connectivity index (χ3v) is 5.42. The molecular weight excluding hydrogens is 358 g/mol. The van der Waals surface area contributed by atoms with E-state index in [2.05, 4.69) is 15.3 Å². The van der Waals surface area contributed by atoms with Crippen molar-refractivity contribution in [2.24, 2.45) is 0 Å². The molecule has 2 heterocycles. The largest absolute Gasteiger partial charge is 0.497 e. The van der Waals surface area contributed by atoms with Crippen LogP contribution < -0.4 is 10.1 Å². The molecule has 0 fully saturated rings. The standard InChI is InChI=1S/C17H17N3O3S2/c1-3-12-8-18-14(23-12)10-24-15-9-19-17(25-15)20-16(21)11-5-4-6-13(7-11)22-2/h4-9H,3,10H2,1-2H3,(H,19,20,21). The van der Waals surface area contributed by atoms with Crippen molar-refractivity contribution in [3.8, 4) is 5.75 Å². The molecule has 0 aliphatic carbocycles. The van der Waals surface area contributed by atoms with Gasteiger partial charge in [0.15, 0.2) is 5.13 Å². The topological polar surface area (TPSA) is 77.2 Å². The molecular formula is C17H17N3O3S2. The second-order valence-corrected chi connectivity index (χ2v) is 7.34. The summed E-state index contributed by atoms with van der Waals surface area (Å²) in [6.07, 6.45) is 4.32. The van der Waals surface area contributed by atoms with Crippen LogP contribution in [0.1, 0.15) is 28.9 Å². The number of ether oxygens (including phenoxy) is 1. The van der Waals surface area contributed by atoms with E-state index in [1.165, 1.54) is 11.3 Å². The van der Waals surface area contributed by atoms with E-state index < -0.39 is 0 Å². The van der Waals surface area contributed by atoms with Crippen LogP contribution in [0.15, 0.2) is 45.3 Å². The Morgan fingerprint density at radius 1 is 1.36 bits per heavy atom. The summed E-state index contributed by atoms with van der Waals surface area (Å²) in [5, 5.41) is 3.35. The number of benzene rings is 1. The van der Waals surface area contributed by atoms with Crippen LogP contribution in [-0.2, 0) is 12.2 Å². The van der Waals surface area contributed by atoms with Crippen LogP contribution in [0.5, 0.6) is 5.75 Å². The smallest absolute Gasteiger partial charge is 0.257 e. The lowest BCUT2D eigenvalue weighted by molar-refractivity contribution is 0.102. The van der Waals surface area contributed by atoms with Crippen molar-refractivity contribution in [1.82, 2.24) is 9.97 Å². The minimum atomic E-state index is -0.218. The van der Waals surface area contributed by atoms with Gasteiger partial charge in [0.1, 0.15) is 11.5 Å². The molecule has 2 aromatic heterocycles. The van der Waals surface area contributed by atoms with E-state index in [0.717, 1.165) is 16.4 Å². The average molecular weight is 375 g/mol. The fourth-order valence-electron chi connectivity index (χ4n) is 2.03. The van der Waals surface area contributed by atoms with Gasteiger partial charge in [-0.25, -0.2) is 9.97 Å². The Bertz CT molecular complexity index is 860. The van der Waals surface area contributed by atoms with Gasteiger partial charge < -0.3 is 9.15 Å². The van der Waals surface area contributed by atoms with Gasteiger partial charge in [0.2, 0.25) is 5.89 Å². The first-order valence-corrected chi connectivity index (χ1v) is 9.45. The number of carbonyl (C=O) groups is 1. The summed E-state index contributed by atoms with van der Waals surface area (Å²) in [5.41, 5.74) is 0.524. The molecule has 0 saturated heterocycles. The normalized spacial score (nSPS) is 10.6. The number of nitrogens with one attached hydrogen (secondary N) is 1. The molecule has 1 aromatic carbocycles. The van der Waals surface area contributed by atoms with Crippen molar-refractivity contribution < 1.29 is 13.9 Å². The first kappa shape index (κ1) is 17.5. The number of hydrogen-bond donors (Lipinski definition) is 1. The number of thioether (sulfide) groups is 1. The van der Waals surface area contributed by atoms with Gasteiger partial charge in [-0.15, -0.1) is 11.8 Å². The zero-order valence-corrected chi connectivity index (χ0v) is 15.4. The van der Waals surface area contributed by atoms with E-state index in [0.29, 0.717) is 28.1 Å². The average Bonchev–Trinajstić information content (AvgIpc) is 3.29. The number of thiazole rings is 1. The lowest BCUT2D eigenvalue weighted by Crippen LogP contribution is -2.11. The number of nitrogens with zero attached hydrogens (tertiary/aromatic N) is 2. The van der Waals surface area contributed by atoms with Crippen LogP contribution >= 0.6 is 23.1 Å². The quantitative estimate of drug-likeness (QED) is 0.622. The summed E-state index contributed by atoms with van der Waals surface area (Å²) in [5.74, 6) is 2.62. The Morgan fingerprint density at radius 3 is 3.00 bits per heavy atom. The molecule has 0 atom stereocenters. The number of aryl methyl sites for hydroxylation is 1. The van der Waals surface area contributed by atoms with E-state index >= 15 is 0 Å². The first-order valence-electron chi connectivity index (χ1n) is 7.65. The lowest BCUT2D eigenvalue weighted by Gasteiger charge is -2.04. The van der Waals surface area contributed by atoms with E-state index in [9.17, 15) is 4.79 Å². The number of rotatable bonds is 7. The van der Waals surface area contributed by atoms with Crippen molar-refractivity contribution in [3.05, 3.63) is 53.9 Å². The number of amides is 1. The SMILES string of the molecule is CCc1cnc(CSc2cnc(NC(=O)c3cccc(OC)c3)s2)o1. The highest BCUT2D eigenvalue weighted by Crippen LogP contribution is 2.31. The highest BCUT2D eigenvalue weighted by molar-refractivity contribution is 8.00. The Morgan fingerprint density at radius 2 is 2.24 bits per heavy atom. The monoisotopic (exact) mass is 375 g/mol. The van der Waals surface area contributed by atoms with Crippen molar-refractivity contribution in [1.29, 1.82) is 0 Å². The van der Waals surface area contributed by atoms with Crippen LogP contribution in [0.25, 0.3) is 0 Å². The zero-order valence-electron chi connectivity index (χ0n) is 13.8. The number of carbonyl (C=O) groups excluding carboxylic acids is 1. The molecule has 1 amide bonds. The molecule has 3 aromatic rings. The number of anilines is 1. The summed E-state index contributed by atoms with van der Waals surface area (Å²) in [7, 11) is 1.57. The molecule has 0 bridgehead atoms. The number of aromatic nitrogens is 2. The predicted molar refractivity (Wildman–Crippen MR) is 98.5 cm³/mol. The maximum absolute atomic E-state index is 12.3. The van der Waals surface area contributed by atoms with Gasteiger partial charge >= 0.3 is 0 Å². The van der Waals surface area contributed by atoms with Crippen molar-refractivity contribution in [3.63, 3.8) is 0 Å². The minimum absolute atomic E-state index is 0.218. The molecule has 25 heavy (non-hydrogen) atoms. The van der Waals surface area contributed by atoms with Gasteiger partial charge in [-0.05, 0) is 18.2 Å². The molecule has 0 aliphatic rings. The van der Waals surface area contributed by atoms with Crippen LogP contribution in [0.3, 0.4) is 0 Å². The number of methoxy groups -OCH3 is 1. The Labute approximate surface area is 153 Å². The van der Waals surface area contributed by atoms with E-state index in [1.807, 2.05) is 6.92 Å². The highest BCUT2D eigenvalue weighted by atomic mass is 32.2. The summed E-state index contributed by atoms with van der Waals surface area (Å²) in [6.45, 7) is 2.03. The van der Waals surface area contributed by atoms with Gasteiger partial charge in [-0.1, -0.05) is 24.3 Å². The molecule has 0 radical (unpaired) electrons. The van der Waals surface area contributed by atoms with Crippen LogP contribution in [0.4, 0.5) is 5.13 Å². The molecule has 1 N–H and O–H groups in total. The summed E-state index contributed by atoms with van der Waals surface area (Å²) < 4.78 is 11.7. The first-order chi connectivity index (χ1) is 12.2. The van der Waals surface area contributed by atoms with E-state index in [1.54, 1.807) is 55.5 Å². The van der Waals surface area contributed by atoms with Gasteiger partial charge in [0, 0.05) is 12.0 Å². The summed E-state index contributed by atoms with van der Waals surface area (Å²) in [4.78, 5) is 20.7. The molecule has 6 nitrogen and oxygen atoms in total. The van der Waals surface area contributed by atoms with Crippen molar-refractivity contribution in [2.45, 2.75) is 23.3 Å². The second kappa shape index (κ2) is 8.17. The van der Waals surface area contributed by atoms with Gasteiger partial charge in [0.05, 0.1) is 29.5 Å². The van der Waals surface area contributed by atoms with Crippen LogP contribution in [-0.4, -0.2) is 23.0 Å². The summed E-state index contributed by atoms with van der Waals surface area (Å²) in [6, 6.07) is 6.99. The zero-order chi connectivity index (χ0) is 17.6. The molecule has 3 rings (SSSR count). The molecule has 0 spiro atoms. The van der Waals surface area contributed by atoms with Gasteiger partial charge in [-0.2, -0.15) is 0 Å². The maximum Gasteiger partial charge on any atom is 0.257 e. The molecule has 0 aliphatic heterocycles. The number of hydrogen-bond acceptors (Lipinski definition) is 7. The van der Waals surface area contributed by atoms with Crippen LogP contribution in [0, 0.1) is 0 Å². The Balaban J connectivity index is 1.58. The summed E-state index contributed by atoms with van der Waals surface area (Å²) >= 11 is 2.99. The Kier molecular flexibility index (Phi) is 5.72.